The van der Waals surface area contributed by atoms with Gasteiger partial charge in [-0.25, -0.2) is 0 Å². The van der Waals surface area contributed by atoms with Gasteiger partial charge >= 0.3 is 11.9 Å². The predicted molar refractivity (Wildman–Crippen MR) is 115 cm³/mol. The number of nitrogens with one attached hydrogen (secondary N) is 1. The highest BCUT2D eigenvalue weighted by Crippen LogP contribution is 2.12. The molecular weight excluding hydrogens is 442 g/mol. The number of rotatable bonds is 14. The summed E-state index contributed by atoms with van der Waals surface area (Å²) < 4.78 is 40.2. The van der Waals surface area contributed by atoms with E-state index in [0.29, 0.717) is 18.4 Å². The SMILES string of the molecule is CCOC(=O)CCC(CC(=O)OCC)NC(=O)c1ccc(CCCC(O)S(=O)(=O)O)cc1. The second-order valence-corrected chi connectivity index (χ2v) is 8.66. The van der Waals surface area contributed by atoms with Crippen LogP contribution in [0.3, 0.4) is 0 Å². The molecule has 1 amide bonds. The van der Waals surface area contributed by atoms with E-state index in [1.807, 2.05) is 0 Å². The molecule has 1 aromatic rings. The van der Waals surface area contributed by atoms with Gasteiger partial charge in [-0.3, -0.25) is 18.9 Å². The minimum absolute atomic E-state index is 0.0482. The van der Waals surface area contributed by atoms with E-state index in [-0.39, 0.29) is 38.9 Å². The smallest absolute Gasteiger partial charge is 0.307 e. The molecule has 1 rings (SSSR count). The molecule has 0 fully saturated rings. The zero-order chi connectivity index (χ0) is 24.1. The Hall–Kier alpha value is -2.50. The third kappa shape index (κ3) is 10.7. The van der Waals surface area contributed by atoms with Gasteiger partial charge in [0.2, 0.25) is 0 Å². The van der Waals surface area contributed by atoms with E-state index in [1.54, 1.807) is 38.1 Å². The summed E-state index contributed by atoms with van der Waals surface area (Å²) >= 11 is 0. The lowest BCUT2D eigenvalue weighted by molar-refractivity contribution is -0.145. The van der Waals surface area contributed by atoms with Crippen molar-refractivity contribution in [2.45, 2.75) is 63.9 Å². The van der Waals surface area contributed by atoms with Crippen molar-refractivity contribution in [2.24, 2.45) is 0 Å². The number of hydrogen-bond donors (Lipinski definition) is 3. The van der Waals surface area contributed by atoms with Crippen molar-refractivity contribution in [2.75, 3.05) is 13.2 Å². The Balaban J connectivity index is 2.67. The number of esters is 2. The van der Waals surface area contributed by atoms with Crippen LogP contribution < -0.4 is 5.32 Å². The fourth-order valence-electron chi connectivity index (χ4n) is 2.89. The van der Waals surface area contributed by atoms with E-state index in [9.17, 15) is 27.9 Å². The second-order valence-electron chi connectivity index (χ2n) is 7.08. The zero-order valence-corrected chi connectivity index (χ0v) is 19.1. The van der Waals surface area contributed by atoms with Gasteiger partial charge in [-0.2, -0.15) is 8.42 Å². The van der Waals surface area contributed by atoms with Crippen LogP contribution in [0, 0.1) is 0 Å². The molecule has 1 aromatic carbocycles. The van der Waals surface area contributed by atoms with Crippen molar-refractivity contribution in [3.8, 4) is 0 Å². The Morgan fingerprint density at radius 1 is 1.00 bits per heavy atom. The normalized spacial score (nSPS) is 13.1. The Labute approximate surface area is 188 Å². The average molecular weight is 474 g/mol. The van der Waals surface area contributed by atoms with Crippen LogP contribution in [-0.2, 0) is 35.6 Å². The summed E-state index contributed by atoms with van der Waals surface area (Å²) in [5.41, 5.74) is -0.662. The molecule has 0 aliphatic rings. The van der Waals surface area contributed by atoms with Gasteiger partial charge in [-0.05, 0) is 57.2 Å². The predicted octanol–water partition coefficient (Wildman–Crippen LogP) is 1.61. The zero-order valence-electron chi connectivity index (χ0n) is 18.3. The molecule has 2 unspecified atom stereocenters. The molecule has 0 aliphatic carbocycles. The average Bonchev–Trinajstić information content (AvgIpc) is 2.72. The van der Waals surface area contributed by atoms with Gasteiger partial charge in [0.05, 0.1) is 19.6 Å². The van der Waals surface area contributed by atoms with Crippen LogP contribution in [0.25, 0.3) is 0 Å². The topological polar surface area (TPSA) is 156 Å². The molecule has 0 radical (unpaired) electrons. The number of aliphatic hydroxyl groups is 1. The molecule has 0 saturated carbocycles. The third-order valence-corrected chi connectivity index (χ3v) is 5.46. The monoisotopic (exact) mass is 473 g/mol. The highest BCUT2D eigenvalue weighted by molar-refractivity contribution is 7.86. The number of aliphatic hydroxyl groups excluding tert-OH is 1. The summed E-state index contributed by atoms with van der Waals surface area (Å²) in [5.74, 6) is -1.32. The first-order valence-corrected chi connectivity index (χ1v) is 11.9. The van der Waals surface area contributed by atoms with Crippen molar-refractivity contribution in [3.05, 3.63) is 35.4 Å². The Kier molecular flexibility index (Phi) is 11.9. The first-order valence-electron chi connectivity index (χ1n) is 10.4. The molecule has 0 heterocycles. The molecule has 180 valence electrons. The molecular formula is C21H31NO9S. The van der Waals surface area contributed by atoms with Crippen molar-refractivity contribution in [1.82, 2.24) is 5.32 Å². The fraction of sp³-hybridized carbons (Fsp3) is 0.571. The summed E-state index contributed by atoms with van der Waals surface area (Å²) in [5, 5.41) is 12.1. The van der Waals surface area contributed by atoms with Crippen molar-refractivity contribution >= 4 is 28.0 Å². The first kappa shape index (κ1) is 27.5. The van der Waals surface area contributed by atoms with Crippen molar-refractivity contribution in [3.63, 3.8) is 0 Å². The Morgan fingerprint density at radius 2 is 1.59 bits per heavy atom. The standard InChI is InChI=1S/C21H31NO9S/c1-3-30-18(23)13-12-17(14-19(24)31-4-2)22-21(26)16-10-8-15(9-11-16)6-5-7-20(25)32(27,28)29/h8-11,17,20,25H,3-7,12-14H2,1-2H3,(H,22,26)(H,27,28,29). The number of hydrogen-bond acceptors (Lipinski definition) is 8. The van der Waals surface area contributed by atoms with Gasteiger partial charge in [0, 0.05) is 18.0 Å². The van der Waals surface area contributed by atoms with Crippen LogP contribution in [-0.4, -0.2) is 60.6 Å². The fourth-order valence-corrected chi connectivity index (χ4v) is 3.36. The Morgan fingerprint density at radius 3 is 2.16 bits per heavy atom. The maximum absolute atomic E-state index is 12.6. The van der Waals surface area contributed by atoms with Crippen molar-refractivity contribution < 1.29 is 41.9 Å². The second kappa shape index (κ2) is 13.8. The molecule has 32 heavy (non-hydrogen) atoms. The highest BCUT2D eigenvalue weighted by Gasteiger charge is 2.20. The van der Waals surface area contributed by atoms with Gasteiger partial charge < -0.3 is 19.9 Å². The molecule has 0 saturated heterocycles. The van der Waals surface area contributed by atoms with E-state index in [1.165, 1.54) is 0 Å². The van der Waals surface area contributed by atoms with Crippen LogP contribution in [0.4, 0.5) is 0 Å². The molecule has 0 aromatic heterocycles. The molecule has 3 N–H and O–H groups in total. The van der Waals surface area contributed by atoms with Crippen LogP contribution in [0.1, 0.15) is 61.9 Å². The largest absolute Gasteiger partial charge is 0.466 e. The lowest BCUT2D eigenvalue weighted by Gasteiger charge is -2.18. The van der Waals surface area contributed by atoms with Crippen LogP contribution in [0.2, 0.25) is 0 Å². The van der Waals surface area contributed by atoms with Crippen molar-refractivity contribution in [1.29, 1.82) is 0 Å². The lowest BCUT2D eigenvalue weighted by atomic mass is 10.0. The summed E-state index contributed by atoms with van der Waals surface area (Å²) in [4.78, 5) is 36.0. The summed E-state index contributed by atoms with van der Waals surface area (Å²) in [6.07, 6.45) is 0.843. The molecule has 2 atom stereocenters. The number of carbonyl (C=O) groups is 3. The van der Waals surface area contributed by atoms with Gasteiger partial charge in [-0.15, -0.1) is 0 Å². The van der Waals surface area contributed by atoms with Crippen LogP contribution in [0.15, 0.2) is 24.3 Å². The third-order valence-electron chi connectivity index (χ3n) is 4.53. The number of benzene rings is 1. The number of ether oxygens (including phenoxy) is 2. The molecule has 11 heteroatoms. The first-order chi connectivity index (χ1) is 15.1. The van der Waals surface area contributed by atoms with Crippen LogP contribution in [0.5, 0.6) is 0 Å². The van der Waals surface area contributed by atoms with E-state index in [4.69, 9.17) is 14.0 Å². The lowest BCUT2D eigenvalue weighted by Crippen LogP contribution is -2.37. The van der Waals surface area contributed by atoms with Crippen LogP contribution >= 0.6 is 0 Å². The highest BCUT2D eigenvalue weighted by atomic mass is 32.2. The molecule has 10 nitrogen and oxygen atoms in total. The quantitative estimate of drug-likeness (QED) is 0.270. The van der Waals surface area contributed by atoms with E-state index < -0.39 is 39.4 Å². The van der Waals surface area contributed by atoms with Gasteiger partial charge in [0.15, 0.2) is 5.44 Å². The molecule has 0 aliphatic heterocycles. The van der Waals surface area contributed by atoms with Gasteiger partial charge in [0.1, 0.15) is 0 Å². The maximum atomic E-state index is 12.6. The van der Waals surface area contributed by atoms with E-state index in [0.717, 1.165) is 5.56 Å². The Bertz CT molecular complexity index is 853. The summed E-state index contributed by atoms with van der Waals surface area (Å²) in [6, 6.07) is 5.93. The number of carbonyl (C=O) groups excluding carboxylic acids is 3. The van der Waals surface area contributed by atoms with E-state index >= 15 is 0 Å². The van der Waals surface area contributed by atoms with E-state index in [2.05, 4.69) is 5.32 Å². The molecule has 0 spiro atoms. The minimum Gasteiger partial charge on any atom is -0.466 e. The number of amides is 1. The molecule has 0 bridgehead atoms. The maximum Gasteiger partial charge on any atom is 0.307 e. The van der Waals surface area contributed by atoms with Gasteiger partial charge in [-0.1, -0.05) is 12.1 Å². The minimum atomic E-state index is -4.47. The number of aryl methyl sites for hydroxylation is 1. The summed E-state index contributed by atoms with van der Waals surface area (Å²) in [6.45, 7) is 3.82. The van der Waals surface area contributed by atoms with Gasteiger partial charge in [0.25, 0.3) is 16.0 Å². The summed E-state index contributed by atoms with van der Waals surface area (Å²) in [7, 11) is -4.47.